The van der Waals surface area contributed by atoms with Gasteiger partial charge >= 0.3 is 0 Å². The van der Waals surface area contributed by atoms with E-state index in [0.29, 0.717) is 4.90 Å². The Morgan fingerprint density at radius 1 is 0.452 bits per heavy atom. The molecule has 0 aromatic heterocycles. The van der Waals surface area contributed by atoms with E-state index in [0.717, 1.165) is 0 Å². The van der Waals surface area contributed by atoms with Gasteiger partial charge in [-0.2, -0.15) is 0 Å². The lowest BCUT2D eigenvalue weighted by Crippen LogP contribution is -2.10. The Morgan fingerprint density at radius 3 is 1.68 bits per heavy atom. The zero-order valence-corrected chi connectivity index (χ0v) is 15.4. The van der Waals surface area contributed by atoms with Crippen molar-refractivity contribution in [1.82, 2.24) is 0 Å². The molecule has 0 unspecified atom stereocenters. The highest BCUT2D eigenvalue weighted by atomic mass is 15.1. The molecule has 0 saturated heterocycles. The zero-order valence-electron chi connectivity index (χ0n) is 36.4. The van der Waals surface area contributed by atoms with Crippen LogP contribution >= 0.6 is 0 Å². The van der Waals surface area contributed by atoms with E-state index in [1.165, 1.54) is 0 Å². The molecule has 31 heavy (non-hydrogen) atoms. The second-order valence-corrected chi connectivity index (χ2v) is 6.26. The third-order valence-corrected chi connectivity index (χ3v) is 4.56. The number of para-hydroxylation sites is 2. The Hall–Kier alpha value is -4.10. The van der Waals surface area contributed by atoms with Crippen molar-refractivity contribution in [2.45, 2.75) is 0 Å². The van der Waals surface area contributed by atoms with Crippen LogP contribution in [0.4, 0.5) is 17.1 Å². The van der Waals surface area contributed by atoms with Gasteiger partial charge in [0.2, 0.25) is 0 Å². The molecular formula is C30H21N. The SMILES string of the molecule is [2H]c1c([2H])c([2H])c(N(c2c([2H])c([2H])c([2H])c([2H])c2[2H])c2c([2H])c3c([2H])c([2H])c([2H])c([2H])c3c3c([2H])c([2H])c4c([2H])c([2H])c([2H])c([2H])c4c23)c([2H])c1[2H]. The van der Waals surface area contributed by atoms with Crippen LogP contribution in [0.2, 0.25) is 0 Å². The average Bonchev–Trinajstić information content (AvgIpc) is 3.11. The Balaban J connectivity index is 2.14. The maximum absolute atomic E-state index is 9.56. The first-order valence-electron chi connectivity index (χ1n) is 19.4. The number of fused-ring (bicyclic) bond motifs is 5. The quantitative estimate of drug-likeness (QED) is 0.261. The molecular weight excluding hydrogens is 374 g/mol. The Labute approximate surface area is 211 Å². The second-order valence-electron chi connectivity index (χ2n) is 6.26. The van der Waals surface area contributed by atoms with Crippen LogP contribution < -0.4 is 4.90 Å². The van der Waals surface area contributed by atoms with Crippen LogP contribution in [0.5, 0.6) is 0 Å². The summed E-state index contributed by atoms with van der Waals surface area (Å²) >= 11 is 0. The molecule has 0 atom stereocenters. The molecule has 0 aliphatic rings. The molecule has 0 bridgehead atoms. The maximum Gasteiger partial charge on any atom is 0.0652 e. The Morgan fingerprint density at radius 2 is 1.00 bits per heavy atom. The topological polar surface area (TPSA) is 3.24 Å². The van der Waals surface area contributed by atoms with E-state index in [4.69, 9.17) is 27.4 Å². The van der Waals surface area contributed by atoms with E-state index in [9.17, 15) is 1.37 Å². The summed E-state index contributed by atoms with van der Waals surface area (Å²) in [7, 11) is 0. The van der Waals surface area contributed by atoms with Crippen LogP contribution in [0.3, 0.4) is 0 Å². The standard InChI is InChI=1S/C30H21N/c1-3-13-24(14-4-1)31(25-15-5-2-6-16-25)29-21-23-12-8-9-17-26(23)28-20-19-22-11-7-10-18-27(22)30(28)29/h1-21H/i1D,2D,3D,4D,5D,6D,7D,8D,9D,10D,11D,12D,13D,14D,15D,16D,17D,18D,19D,20D,21D. The predicted octanol–water partition coefficient (Wildman–Crippen LogP) is 8.62. The lowest BCUT2D eigenvalue weighted by Gasteiger charge is -2.28. The third kappa shape index (κ3) is 2.94. The summed E-state index contributed by atoms with van der Waals surface area (Å²) in [6.07, 6.45) is 0. The van der Waals surface area contributed by atoms with E-state index in [2.05, 4.69) is 0 Å². The van der Waals surface area contributed by atoms with Crippen molar-refractivity contribution in [2.24, 2.45) is 0 Å². The molecule has 0 aliphatic carbocycles. The van der Waals surface area contributed by atoms with Crippen LogP contribution in [0.25, 0.3) is 32.3 Å². The summed E-state index contributed by atoms with van der Waals surface area (Å²) in [5.74, 6) is 0. The van der Waals surface area contributed by atoms with Gasteiger partial charge in [0.1, 0.15) is 0 Å². The van der Waals surface area contributed by atoms with Crippen molar-refractivity contribution < 1.29 is 28.8 Å². The van der Waals surface area contributed by atoms with E-state index < -0.39 is 176 Å². The molecule has 0 aliphatic heterocycles. The summed E-state index contributed by atoms with van der Waals surface area (Å²) in [5, 5.41) is -3.57. The Kier molecular flexibility index (Phi) is 1.52. The molecule has 1 nitrogen and oxygen atoms in total. The molecule has 6 rings (SSSR count). The van der Waals surface area contributed by atoms with Crippen molar-refractivity contribution in [3.63, 3.8) is 0 Å². The van der Waals surface area contributed by atoms with Gasteiger partial charge < -0.3 is 4.90 Å². The van der Waals surface area contributed by atoms with Gasteiger partial charge in [-0.3, -0.25) is 0 Å². The van der Waals surface area contributed by atoms with Gasteiger partial charge in [0.05, 0.1) is 34.5 Å². The van der Waals surface area contributed by atoms with Crippen LogP contribution in [0.15, 0.2) is 127 Å². The lowest BCUT2D eigenvalue weighted by molar-refractivity contribution is 1.30. The van der Waals surface area contributed by atoms with Gasteiger partial charge in [0, 0.05) is 16.8 Å². The van der Waals surface area contributed by atoms with Crippen LogP contribution in [0.1, 0.15) is 28.8 Å². The maximum atomic E-state index is 9.56. The predicted molar refractivity (Wildman–Crippen MR) is 134 cm³/mol. The number of hydrogen-bond acceptors (Lipinski definition) is 1. The van der Waals surface area contributed by atoms with Crippen molar-refractivity contribution in [1.29, 1.82) is 0 Å². The van der Waals surface area contributed by atoms with Gasteiger partial charge in [-0.25, -0.2) is 0 Å². The van der Waals surface area contributed by atoms with Crippen LogP contribution in [-0.4, -0.2) is 0 Å². The minimum Gasteiger partial charge on any atom is -0.310 e. The molecule has 6 aromatic rings. The number of rotatable bonds is 3. The highest BCUT2D eigenvalue weighted by Crippen LogP contribution is 2.44. The normalized spacial score (nSPS) is 20.7. The van der Waals surface area contributed by atoms with Gasteiger partial charge in [-0.05, 0) is 57.1 Å². The fraction of sp³-hybridized carbons (Fsp3) is 0. The van der Waals surface area contributed by atoms with E-state index in [1.54, 1.807) is 0 Å². The second kappa shape index (κ2) is 7.30. The molecule has 1 heteroatoms. The van der Waals surface area contributed by atoms with E-state index in [-0.39, 0.29) is 0 Å². The molecule has 0 saturated carbocycles. The van der Waals surface area contributed by atoms with Crippen molar-refractivity contribution in [3.8, 4) is 0 Å². The summed E-state index contributed by atoms with van der Waals surface area (Å²) in [6, 6.07) is -19.1. The molecule has 0 heterocycles. The smallest absolute Gasteiger partial charge is 0.0652 e. The summed E-state index contributed by atoms with van der Waals surface area (Å²) in [5.41, 5.74) is -2.64. The first-order chi connectivity index (χ1) is 24.1. The molecule has 146 valence electrons. The first kappa shape index (κ1) is 6.45. The van der Waals surface area contributed by atoms with E-state index in [1.807, 2.05) is 0 Å². The Bertz CT molecular complexity index is 2520. The van der Waals surface area contributed by atoms with Gasteiger partial charge in [-0.15, -0.1) is 0 Å². The van der Waals surface area contributed by atoms with Crippen molar-refractivity contribution in [2.75, 3.05) is 4.90 Å². The number of benzene rings is 6. The first-order valence-corrected chi connectivity index (χ1v) is 8.92. The summed E-state index contributed by atoms with van der Waals surface area (Å²) in [6.45, 7) is 0. The fourth-order valence-electron chi connectivity index (χ4n) is 3.32. The molecule has 0 radical (unpaired) electrons. The highest BCUT2D eigenvalue weighted by molar-refractivity contribution is 6.23. The minimum atomic E-state index is -1.02. The average molecular weight is 417 g/mol. The molecule has 6 aromatic carbocycles. The number of anilines is 3. The van der Waals surface area contributed by atoms with Gasteiger partial charge in [0.25, 0.3) is 0 Å². The monoisotopic (exact) mass is 416 g/mol. The van der Waals surface area contributed by atoms with Gasteiger partial charge in [0.15, 0.2) is 0 Å². The number of nitrogens with zero attached hydrogens (tertiary/aromatic N) is 1. The van der Waals surface area contributed by atoms with Crippen molar-refractivity contribution in [3.05, 3.63) is 127 Å². The zero-order chi connectivity index (χ0) is 38.9. The van der Waals surface area contributed by atoms with Gasteiger partial charge in [-0.1, -0.05) is 96.7 Å². The molecule has 0 fully saturated rings. The highest BCUT2D eigenvalue weighted by Gasteiger charge is 2.18. The molecule has 0 amide bonds. The van der Waals surface area contributed by atoms with Crippen molar-refractivity contribution >= 4 is 49.4 Å². The molecule has 0 spiro atoms. The van der Waals surface area contributed by atoms with E-state index >= 15 is 0 Å². The largest absolute Gasteiger partial charge is 0.310 e. The number of hydrogen-bond donors (Lipinski definition) is 0. The summed E-state index contributed by atoms with van der Waals surface area (Å²) < 4.78 is 182. The van der Waals surface area contributed by atoms with Crippen LogP contribution in [-0.2, 0) is 0 Å². The molecule has 0 N–H and O–H groups in total. The lowest BCUT2D eigenvalue weighted by atomic mass is 9.94. The van der Waals surface area contributed by atoms with Crippen LogP contribution in [0, 0.1) is 0 Å². The third-order valence-electron chi connectivity index (χ3n) is 4.56. The summed E-state index contributed by atoms with van der Waals surface area (Å²) in [4.78, 5) is 0.537. The fourth-order valence-corrected chi connectivity index (χ4v) is 3.32. The minimum absolute atomic E-state index is 0.537.